The maximum atomic E-state index is 13.6. The Bertz CT molecular complexity index is 704. The van der Waals surface area contributed by atoms with Crippen LogP contribution in [-0.4, -0.2) is 28.4 Å². The lowest BCUT2D eigenvalue weighted by molar-refractivity contribution is -0.144. The number of carboxylic acids is 1. The summed E-state index contributed by atoms with van der Waals surface area (Å²) in [4.78, 5) is 24.4. The molecule has 0 saturated heterocycles. The fourth-order valence-electron chi connectivity index (χ4n) is 2.14. The van der Waals surface area contributed by atoms with Gasteiger partial charge in [0.05, 0.1) is 6.42 Å². The van der Waals surface area contributed by atoms with Gasteiger partial charge in [0.2, 0.25) is 5.91 Å². The Morgan fingerprint density at radius 1 is 1.04 bits per heavy atom. The number of carbonyl (C=O) groups is 2. The maximum Gasteiger partial charge on any atom is 0.323 e. The summed E-state index contributed by atoms with van der Waals surface area (Å²) in [6.45, 7) is -0.384. The van der Waals surface area contributed by atoms with Gasteiger partial charge in [-0.3, -0.25) is 9.59 Å². The highest BCUT2D eigenvalue weighted by Gasteiger charge is 2.19. The summed E-state index contributed by atoms with van der Waals surface area (Å²) >= 11 is 0. The lowest BCUT2D eigenvalue weighted by Crippen LogP contribution is -2.36. The third-order valence-corrected chi connectivity index (χ3v) is 3.25. The Kier molecular flexibility index (Phi) is 5.41. The van der Waals surface area contributed by atoms with Gasteiger partial charge in [0.1, 0.15) is 18.2 Å². The number of rotatable bonds is 6. The standard InChI is InChI=1S/C17H15F2NO3/c18-14-7-6-13(15(19)9-14)8-16(21)20(11-17(22)23)10-12-4-2-1-3-5-12/h1-7,9H,8,10-11H2,(H,22,23). The van der Waals surface area contributed by atoms with Crippen molar-refractivity contribution in [2.24, 2.45) is 0 Å². The lowest BCUT2D eigenvalue weighted by Gasteiger charge is -2.21. The van der Waals surface area contributed by atoms with Crippen molar-refractivity contribution in [1.29, 1.82) is 0 Å². The van der Waals surface area contributed by atoms with E-state index in [0.29, 0.717) is 6.07 Å². The molecule has 4 nitrogen and oxygen atoms in total. The van der Waals surface area contributed by atoms with Crippen LogP contribution in [0.25, 0.3) is 0 Å². The Balaban J connectivity index is 2.14. The molecule has 2 aromatic rings. The van der Waals surface area contributed by atoms with E-state index in [0.717, 1.165) is 16.5 Å². The molecule has 0 spiro atoms. The van der Waals surface area contributed by atoms with E-state index < -0.39 is 30.1 Å². The van der Waals surface area contributed by atoms with E-state index >= 15 is 0 Å². The number of carbonyl (C=O) groups excluding carboxylic acids is 1. The second-order valence-electron chi connectivity index (χ2n) is 5.04. The number of hydrogen-bond donors (Lipinski definition) is 1. The van der Waals surface area contributed by atoms with Gasteiger partial charge in [-0.25, -0.2) is 8.78 Å². The molecule has 0 aliphatic heterocycles. The van der Waals surface area contributed by atoms with Gasteiger partial charge in [0, 0.05) is 12.6 Å². The number of aliphatic carboxylic acids is 1. The predicted octanol–water partition coefficient (Wildman–Crippen LogP) is 2.62. The first kappa shape index (κ1) is 16.6. The lowest BCUT2D eigenvalue weighted by atomic mass is 10.1. The molecule has 0 bridgehead atoms. The largest absolute Gasteiger partial charge is 0.480 e. The molecule has 2 aromatic carbocycles. The van der Waals surface area contributed by atoms with Crippen LogP contribution in [0.2, 0.25) is 0 Å². The van der Waals surface area contributed by atoms with Crippen LogP contribution in [0.4, 0.5) is 8.78 Å². The smallest absolute Gasteiger partial charge is 0.323 e. The SMILES string of the molecule is O=C(O)CN(Cc1ccccc1)C(=O)Cc1ccc(F)cc1F. The molecule has 6 heteroatoms. The zero-order valence-corrected chi connectivity index (χ0v) is 12.2. The van der Waals surface area contributed by atoms with Crippen molar-refractivity contribution in [1.82, 2.24) is 4.90 Å². The summed E-state index contributed by atoms with van der Waals surface area (Å²) in [6, 6.07) is 11.8. The minimum Gasteiger partial charge on any atom is -0.480 e. The molecule has 0 radical (unpaired) electrons. The third-order valence-electron chi connectivity index (χ3n) is 3.25. The van der Waals surface area contributed by atoms with Crippen LogP contribution >= 0.6 is 0 Å². The second-order valence-corrected chi connectivity index (χ2v) is 5.04. The van der Waals surface area contributed by atoms with E-state index in [9.17, 15) is 18.4 Å². The molecule has 2 rings (SSSR count). The summed E-state index contributed by atoms with van der Waals surface area (Å²) in [5.41, 5.74) is 0.793. The maximum absolute atomic E-state index is 13.6. The average Bonchev–Trinajstić information content (AvgIpc) is 2.50. The van der Waals surface area contributed by atoms with Crippen molar-refractivity contribution in [3.8, 4) is 0 Å². The molecular weight excluding hydrogens is 304 g/mol. The van der Waals surface area contributed by atoms with Gasteiger partial charge in [-0.2, -0.15) is 0 Å². The van der Waals surface area contributed by atoms with Crippen LogP contribution in [0.5, 0.6) is 0 Å². The number of amides is 1. The topological polar surface area (TPSA) is 57.6 Å². The molecule has 0 atom stereocenters. The Morgan fingerprint density at radius 2 is 1.74 bits per heavy atom. The highest BCUT2D eigenvalue weighted by Crippen LogP contribution is 2.13. The van der Waals surface area contributed by atoms with Crippen LogP contribution in [0.15, 0.2) is 48.5 Å². The number of hydrogen-bond acceptors (Lipinski definition) is 2. The molecule has 1 amide bonds. The van der Waals surface area contributed by atoms with Crippen molar-refractivity contribution >= 4 is 11.9 Å². The molecule has 1 N–H and O–H groups in total. The zero-order chi connectivity index (χ0) is 16.8. The Hall–Kier alpha value is -2.76. The minimum atomic E-state index is -1.16. The highest BCUT2D eigenvalue weighted by atomic mass is 19.1. The number of nitrogens with zero attached hydrogens (tertiary/aromatic N) is 1. The molecule has 0 aliphatic carbocycles. The summed E-state index contributed by atoms with van der Waals surface area (Å²) in [6.07, 6.45) is -0.327. The van der Waals surface area contributed by atoms with Gasteiger partial charge in [-0.05, 0) is 17.2 Å². The van der Waals surface area contributed by atoms with Gasteiger partial charge in [-0.15, -0.1) is 0 Å². The first-order chi connectivity index (χ1) is 11.0. The van der Waals surface area contributed by atoms with E-state index in [1.165, 1.54) is 6.07 Å². The monoisotopic (exact) mass is 319 g/mol. The van der Waals surface area contributed by atoms with Gasteiger partial charge < -0.3 is 10.0 Å². The first-order valence-corrected chi connectivity index (χ1v) is 6.93. The molecule has 0 fully saturated rings. The van der Waals surface area contributed by atoms with E-state index in [-0.39, 0.29) is 18.5 Å². The van der Waals surface area contributed by atoms with Gasteiger partial charge in [-0.1, -0.05) is 36.4 Å². The molecule has 0 aromatic heterocycles. The van der Waals surface area contributed by atoms with E-state index in [4.69, 9.17) is 5.11 Å². The molecule has 0 heterocycles. The summed E-state index contributed by atoms with van der Waals surface area (Å²) in [5.74, 6) is -3.26. The van der Waals surface area contributed by atoms with E-state index in [1.807, 2.05) is 0 Å². The van der Waals surface area contributed by atoms with Crippen molar-refractivity contribution in [3.05, 3.63) is 71.3 Å². The van der Waals surface area contributed by atoms with Crippen molar-refractivity contribution in [3.63, 3.8) is 0 Å². The molecule has 0 saturated carbocycles. The van der Waals surface area contributed by atoms with Crippen molar-refractivity contribution in [2.45, 2.75) is 13.0 Å². The Morgan fingerprint density at radius 3 is 2.35 bits per heavy atom. The summed E-state index contributed by atoms with van der Waals surface area (Å²) < 4.78 is 26.5. The summed E-state index contributed by atoms with van der Waals surface area (Å²) in [5, 5.41) is 8.95. The van der Waals surface area contributed by atoms with Crippen LogP contribution in [0.1, 0.15) is 11.1 Å². The van der Waals surface area contributed by atoms with Gasteiger partial charge >= 0.3 is 5.97 Å². The third kappa shape index (κ3) is 4.88. The van der Waals surface area contributed by atoms with E-state index in [1.54, 1.807) is 30.3 Å². The highest BCUT2D eigenvalue weighted by molar-refractivity contribution is 5.83. The fourth-order valence-corrected chi connectivity index (χ4v) is 2.14. The fraction of sp³-hybridized carbons (Fsp3) is 0.176. The zero-order valence-electron chi connectivity index (χ0n) is 12.2. The average molecular weight is 319 g/mol. The van der Waals surface area contributed by atoms with E-state index in [2.05, 4.69) is 0 Å². The molecular formula is C17H15F2NO3. The van der Waals surface area contributed by atoms with Crippen molar-refractivity contribution in [2.75, 3.05) is 6.54 Å². The Labute approximate surface area is 132 Å². The minimum absolute atomic E-state index is 0.0276. The normalized spacial score (nSPS) is 10.3. The number of carboxylic acid groups (broad SMARTS) is 1. The quantitative estimate of drug-likeness (QED) is 0.890. The molecule has 120 valence electrons. The number of benzene rings is 2. The summed E-state index contributed by atoms with van der Waals surface area (Å²) in [7, 11) is 0. The molecule has 0 unspecified atom stereocenters. The molecule has 0 aliphatic rings. The van der Waals surface area contributed by atoms with Crippen LogP contribution in [0.3, 0.4) is 0 Å². The predicted molar refractivity (Wildman–Crippen MR) is 79.6 cm³/mol. The van der Waals surface area contributed by atoms with Crippen molar-refractivity contribution < 1.29 is 23.5 Å². The van der Waals surface area contributed by atoms with Gasteiger partial charge in [0.15, 0.2) is 0 Å². The molecule has 23 heavy (non-hydrogen) atoms. The first-order valence-electron chi connectivity index (χ1n) is 6.93. The van der Waals surface area contributed by atoms with Crippen LogP contribution in [-0.2, 0) is 22.6 Å². The van der Waals surface area contributed by atoms with Gasteiger partial charge in [0.25, 0.3) is 0 Å². The van der Waals surface area contributed by atoms with Crippen LogP contribution < -0.4 is 0 Å². The second kappa shape index (κ2) is 7.49. The van der Waals surface area contributed by atoms with Crippen LogP contribution in [0, 0.1) is 11.6 Å². The number of halogens is 2.